The van der Waals surface area contributed by atoms with Gasteiger partial charge in [-0.3, -0.25) is 4.79 Å². The Hall–Kier alpha value is -1.94. The van der Waals surface area contributed by atoms with E-state index in [1.54, 1.807) is 6.07 Å². The quantitative estimate of drug-likeness (QED) is 0.903. The number of benzene rings is 1. The van der Waals surface area contributed by atoms with Gasteiger partial charge in [-0.2, -0.15) is 0 Å². The van der Waals surface area contributed by atoms with Crippen LogP contribution in [0.25, 0.3) is 0 Å². The average Bonchev–Trinajstić information content (AvgIpc) is 2.99. The lowest BCUT2D eigenvalue weighted by molar-refractivity contribution is 0.494. The van der Waals surface area contributed by atoms with E-state index in [-0.39, 0.29) is 11.0 Å². The van der Waals surface area contributed by atoms with Crippen LogP contribution in [0, 0.1) is 0 Å². The third kappa shape index (κ3) is 2.63. The SMILES string of the molecule is NCCc1cc(=O)[nH]c(C2(c3ccccc3)CCCC2)n1. The number of hydrogen-bond acceptors (Lipinski definition) is 3. The lowest BCUT2D eigenvalue weighted by Crippen LogP contribution is -2.30. The third-order valence-corrected chi connectivity index (χ3v) is 4.43. The first-order valence-corrected chi connectivity index (χ1v) is 7.61. The zero-order valence-electron chi connectivity index (χ0n) is 12.1. The Bertz CT molecular complexity index is 657. The topological polar surface area (TPSA) is 71.8 Å². The number of nitrogens with two attached hydrogens (primary N) is 1. The van der Waals surface area contributed by atoms with Crippen LogP contribution >= 0.6 is 0 Å². The Balaban J connectivity index is 2.12. The largest absolute Gasteiger partial charge is 0.330 e. The van der Waals surface area contributed by atoms with Gasteiger partial charge in [0.2, 0.25) is 0 Å². The molecule has 21 heavy (non-hydrogen) atoms. The number of nitrogens with one attached hydrogen (secondary N) is 1. The highest BCUT2D eigenvalue weighted by Crippen LogP contribution is 2.44. The summed E-state index contributed by atoms with van der Waals surface area (Å²) in [7, 11) is 0. The van der Waals surface area contributed by atoms with E-state index in [1.807, 2.05) is 6.07 Å². The molecule has 0 atom stereocenters. The Labute approximate surface area is 124 Å². The van der Waals surface area contributed by atoms with Crippen LogP contribution in [0.4, 0.5) is 0 Å². The molecule has 110 valence electrons. The van der Waals surface area contributed by atoms with Crippen molar-refractivity contribution < 1.29 is 0 Å². The molecule has 1 heterocycles. The maximum absolute atomic E-state index is 12.0. The minimum atomic E-state index is -0.148. The van der Waals surface area contributed by atoms with Crippen LogP contribution in [0.5, 0.6) is 0 Å². The molecular formula is C17H21N3O. The molecule has 0 spiro atoms. The molecule has 1 fully saturated rings. The highest BCUT2D eigenvalue weighted by Gasteiger charge is 2.39. The molecule has 3 N–H and O–H groups in total. The zero-order chi connectivity index (χ0) is 14.7. The Morgan fingerprint density at radius 3 is 2.57 bits per heavy atom. The first kappa shape index (κ1) is 14.0. The predicted molar refractivity (Wildman–Crippen MR) is 83.3 cm³/mol. The molecule has 0 bridgehead atoms. The van der Waals surface area contributed by atoms with Crippen LogP contribution in [0.3, 0.4) is 0 Å². The molecule has 0 radical (unpaired) electrons. The van der Waals surface area contributed by atoms with E-state index in [0.717, 1.165) is 24.4 Å². The summed E-state index contributed by atoms with van der Waals surface area (Å²) in [5.41, 5.74) is 7.42. The molecule has 4 heteroatoms. The fraction of sp³-hybridized carbons (Fsp3) is 0.412. The standard InChI is InChI=1S/C17H21N3O/c18-11-8-14-12-15(21)20-16(19-14)17(9-4-5-10-17)13-6-2-1-3-7-13/h1-3,6-7,12H,4-5,8-11,18H2,(H,19,20,21). The summed E-state index contributed by atoms with van der Waals surface area (Å²) in [4.78, 5) is 19.7. The summed E-state index contributed by atoms with van der Waals surface area (Å²) in [5.74, 6) is 0.808. The van der Waals surface area contributed by atoms with Gasteiger partial charge in [0.1, 0.15) is 5.82 Å². The number of H-pyrrole nitrogens is 1. The van der Waals surface area contributed by atoms with E-state index < -0.39 is 0 Å². The third-order valence-electron chi connectivity index (χ3n) is 4.43. The van der Waals surface area contributed by atoms with Crippen molar-refractivity contribution in [2.45, 2.75) is 37.5 Å². The first-order valence-electron chi connectivity index (χ1n) is 7.61. The molecule has 1 saturated carbocycles. The van der Waals surface area contributed by atoms with E-state index in [9.17, 15) is 4.79 Å². The van der Waals surface area contributed by atoms with Crippen molar-refractivity contribution in [2.75, 3.05) is 6.54 Å². The molecule has 2 aromatic rings. The summed E-state index contributed by atoms with van der Waals surface area (Å²) >= 11 is 0. The number of hydrogen-bond donors (Lipinski definition) is 2. The zero-order valence-corrected chi connectivity index (χ0v) is 12.1. The molecule has 1 aromatic heterocycles. The van der Waals surface area contributed by atoms with E-state index in [4.69, 9.17) is 10.7 Å². The molecule has 1 aliphatic carbocycles. The lowest BCUT2D eigenvalue weighted by atomic mass is 9.78. The number of aromatic amines is 1. The minimum Gasteiger partial charge on any atom is -0.330 e. The van der Waals surface area contributed by atoms with Crippen molar-refractivity contribution in [1.82, 2.24) is 9.97 Å². The molecule has 3 rings (SSSR count). The van der Waals surface area contributed by atoms with Gasteiger partial charge in [0, 0.05) is 18.2 Å². The molecule has 1 aliphatic rings. The Kier molecular flexibility index (Phi) is 3.88. The van der Waals surface area contributed by atoms with Crippen molar-refractivity contribution in [3.63, 3.8) is 0 Å². The van der Waals surface area contributed by atoms with Gasteiger partial charge in [-0.15, -0.1) is 0 Å². The van der Waals surface area contributed by atoms with Crippen molar-refractivity contribution in [3.8, 4) is 0 Å². The van der Waals surface area contributed by atoms with Gasteiger partial charge < -0.3 is 10.7 Å². The van der Waals surface area contributed by atoms with Gasteiger partial charge in [0.15, 0.2) is 0 Å². The fourth-order valence-corrected chi connectivity index (χ4v) is 3.41. The van der Waals surface area contributed by atoms with Gasteiger partial charge in [0.25, 0.3) is 5.56 Å². The van der Waals surface area contributed by atoms with Gasteiger partial charge in [-0.1, -0.05) is 43.2 Å². The summed E-state index contributed by atoms with van der Waals surface area (Å²) < 4.78 is 0. The van der Waals surface area contributed by atoms with Crippen LogP contribution in [0.1, 0.15) is 42.8 Å². The smallest absolute Gasteiger partial charge is 0.251 e. The normalized spacial score (nSPS) is 17.0. The molecule has 4 nitrogen and oxygen atoms in total. The van der Waals surface area contributed by atoms with Crippen LogP contribution in [-0.2, 0) is 11.8 Å². The Morgan fingerprint density at radius 2 is 1.90 bits per heavy atom. The highest BCUT2D eigenvalue weighted by molar-refractivity contribution is 5.34. The molecule has 0 aliphatic heterocycles. The Morgan fingerprint density at radius 1 is 1.19 bits per heavy atom. The number of nitrogens with zero attached hydrogens (tertiary/aromatic N) is 1. The van der Waals surface area contributed by atoms with E-state index in [1.165, 1.54) is 18.4 Å². The van der Waals surface area contributed by atoms with E-state index in [2.05, 4.69) is 29.2 Å². The van der Waals surface area contributed by atoms with Crippen molar-refractivity contribution >= 4 is 0 Å². The van der Waals surface area contributed by atoms with E-state index in [0.29, 0.717) is 13.0 Å². The second-order valence-corrected chi connectivity index (χ2v) is 5.78. The van der Waals surface area contributed by atoms with Crippen LogP contribution in [-0.4, -0.2) is 16.5 Å². The maximum Gasteiger partial charge on any atom is 0.251 e. The van der Waals surface area contributed by atoms with Crippen LogP contribution < -0.4 is 11.3 Å². The van der Waals surface area contributed by atoms with Gasteiger partial charge in [-0.05, 0) is 24.9 Å². The van der Waals surface area contributed by atoms with Crippen LogP contribution in [0.2, 0.25) is 0 Å². The molecule has 1 aromatic carbocycles. The van der Waals surface area contributed by atoms with Crippen molar-refractivity contribution in [3.05, 3.63) is 63.8 Å². The van der Waals surface area contributed by atoms with E-state index >= 15 is 0 Å². The summed E-state index contributed by atoms with van der Waals surface area (Å²) in [6, 6.07) is 12.0. The second-order valence-electron chi connectivity index (χ2n) is 5.78. The molecule has 0 amide bonds. The van der Waals surface area contributed by atoms with Gasteiger partial charge >= 0.3 is 0 Å². The van der Waals surface area contributed by atoms with Crippen molar-refractivity contribution in [1.29, 1.82) is 0 Å². The second kappa shape index (κ2) is 5.82. The highest BCUT2D eigenvalue weighted by atomic mass is 16.1. The van der Waals surface area contributed by atoms with Gasteiger partial charge in [-0.25, -0.2) is 4.98 Å². The lowest BCUT2D eigenvalue weighted by Gasteiger charge is -2.28. The maximum atomic E-state index is 12.0. The first-order chi connectivity index (χ1) is 10.2. The van der Waals surface area contributed by atoms with Gasteiger partial charge in [0.05, 0.1) is 5.41 Å². The monoisotopic (exact) mass is 283 g/mol. The minimum absolute atomic E-state index is 0.0781. The fourth-order valence-electron chi connectivity index (χ4n) is 3.41. The summed E-state index contributed by atoms with van der Waals surface area (Å²) in [5, 5.41) is 0. The molecule has 0 unspecified atom stereocenters. The molecule has 0 saturated heterocycles. The molecular weight excluding hydrogens is 262 g/mol. The number of rotatable bonds is 4. The number of aromatic nitrogens is 2. The van der Waals surface area contributed by atoms with Crippen LogP contribution in [0.15, 0.2) is 41.2 Å². The summed E-state index contributed by atoms with van der Waals surface area (Å²) in [6.07, 6.45) is 5.04. The summed E-state index contributed by atoms with van der Waals surface area (Å²) in [6.45, 7) is 0.508. The average molecular weight is 283 g/mol. The predicted octanol–water partition coefficient (Wildman–Crippen LogP) is 2.13. The van der Waals surface area contributed by atoms with Crippen molar-refractivity contribution in [2.24, 2.45) is 5.73 Å².